The van der Waals surface area contributed by atoms with Crippen molar-refractivity contribution in [2.45, 2.75) is 42.8 Å². The van der Waals surface area contributed by atoms with Crippen LogP contribution in [0.15, 0.2) is 41.3 Å². The zero-order valence-electron chi connectivity index (χ0n) is 15.3. The first-order chi connectivity index (χ1) is 13.3. The summed E-state index contributed by atoms with van der Waals surface area (Å²) in [6, 6.07) is 8.11. The van der Waals surface area contributed by atoms with Crippen LogP contribution in [0.4, 0.5) is 14.5 Å². The molecule has 28 heavy (non-hydrogen) atoms. The van der Waals surface area contributed by atoms with Gasteiger partial charge >= 0.3 is 0 Å². The van der Waals surface area contributed by atoms with Crippen LogP contribution in [0, 0.1) is 17.6 Å². The predicted octanol–water partition coefficient (Wildman–Crippen LogP) is 6.11. The molecule has 2 aromatic carbocycles. The first kappa shape index (κ1) is 20.8. The third kappa shape index (κ3) is 5.11. The molecule has 1 saturated carbocycles. The monoisotopic (exact) mass is 423 g/mol. The second kappa shape index (κ2) is 9.05. The Kier molecular flexibility index (Phi) is 6.73. The summed E-state index contributed by atoms with van der Waals surface area (Å²) in [4.78, 5) is 24.4. The minimum atomic E-state index is -0.570. The van der Waals surface area contributed by atoms with Crippen molar-refractivity contribution in [2.24, 2.45) is 5.92 Å². The Hall–Kier alpha value is -1.92. The minimum absolute atomic E-state index is 0.0886. The van der Waals surface area contributed by atoms with E-state index >= 15 is 0 Å². The minimum Gasteiger partial charge on any atom is -0.322 e. The molecule has 3 rings (SSSR count). The van der Waals surface area contributed by atoms with E-state index in [9.17, 15) is 18.4 Å². The van der Waals surface area contributed by atoms with Crippen LogP contribution in [0.1, 0.15) is 43.0 Å². The number of nitrogens with one attached hydrogen (secondary N) is 1. The summed E-state index contributed by atoms with van der Waals surface area (Å²) in [6.07, 6.45) is 3.33. The number of rotatable bonds is 5. The molecule has 0 bridgehead atoms. The second-order valence-corrected chi connectivity index (χ2v) is 8.68. The number of Topliss-reactive ketones (excluding diaryl/α,β-unsaturated/α-hetero) is 1. The predicted molar refractivity (Wildman–Crippen MR) is 108 cm³/mol. The quantitative estimate of drug-likeness (QED) is 0.631. The van der Waals surface area contributed by atoms with E-state index in [4.69, 9.17) is 11.6 Å². The van der Waals surface area contributed by atoms with Gasteiger partial charge in [0, 0.05) is 27.3 Å². The summed E-state index contributed by atoms with van der Waals surface area (Å²) < 4.78 is 27.5. The van der Waals surface area contributed by atoms with Crippen LogP contribution in [-0.2, 0) is 4.79 Å². The van der Waals surface area contributed by atoms with Crippen LogP contribution in [0.2, 0.25) is 5.02 Å². The molecule has 0 aliphatic heterocycles. The van der Waals surface area contributed by atoms with E-state index in [2.05, 4.69) is 5.32 Å². The average Bonchev–Trinajstić information content (AvgIpc) is 2.67. The molecule has 0 atom stereocenters. The maximum atomic E-state index is 14.3. The van der Waals surface area contributed by atoms with Gasteiger partial charge in [-0.05, 0) is 69.0 Å². The largest absolute Gasteiger partial charge is 0.322 e. The molecule has 1 N–H and O–H groups in total. The lowest BCUT2D eigenvalue weighted by molar-refractivity contribution is -0.121. The molecule has 1 aliphatic carbocycles. The number of anilines is 1. The van der Waals surface area contributed by atoms with Crippen molar-refractivity contribution >= 4 is 40.7 Å². The van der Waals surface area contributed by atoms with Crippen molar-refractivity contribution < 1.29 is 18.4 Å². The molecule has 0 heterocycles. The van der Waals surface area contributed by atoms with Gasteiger partial charge in [0.25, 0.3) is 5.91 Å². The van der Waals surface area contributed by atoms with Crippen molar-refractivity contribution in [3.63, 3.8) is 0 Å². The number of hydrogen-bond donors (Lipinski definition) is 1. The van der Waals surface area contributed by atoms with Gasteiger partial charge in [0.1, 0.15) is 17.4 Å². The fourth-order valence-electron chi connectivity index (χ4n) is 3.28. The van der Waals surface area contributed by atoms with Crippen molar-refractivity contribution in [3.05, 3.63) is 58.6 Å². The van der Waals surface area contributed by atoms with Crippen molar-refractivity contribution in [3.8, 4) is 0 Å². The molecular weight excluding hydrogens is 404 g/mol. The molecule has 0 spiro atoms. The Labute approximate surface area is 171 Å². The molecule has 1 amide bonds. The molecule has 0 aromatic heterocycles. The van der Waals surface area contributed by atoms with Crippen LogP contribution in [0.5, 0.6) is 0 Å². The lowest BCUT2D eigenvalue weighted by Gasteiger charge is -2.26. The van der Waals surface area contributed by atoms with Gasteiger partial charge in [-0.2, -0.15) is 0 Å². The Morgan fingerprint density at radius 1 is 1.04 bits per heavy atom. The summed E-state index contributed by atoms with van der Waals surface area (Å²) in [7, 11) is 0. The molecule has 0 unspecified atom stereocenters. The normalized spacial score (nSPS) is 19.3. The summed E-state index contributed by atoms with van der Waals surface area (Å²) in [5.74, 6) is -1.04. The molecule has 3 nitrogen and oxygen atoms in total. The highest BCUT2D eigenvalue weighted by molar-refractivity contribution is 8.00. The van der Waals surface area contributed by atoms with Gasteiger partial charge in [0.15, 0.2) is 0 Å². The van der Waals surface area contributed by atoms with Crippen molar-refractivity contribution in [1.29, 1.82) is 0 Å². The van der Waals surface area contributed by atoms with Gasteiger partial charge in [-0.1, -0.05) is 11.6 Å². The molecule has 148 valence electrons. The number of hydrogen-bond acceptors (Lipinski definition) is 3. The van der Waals surface area contributed by atoms with Crippen molar-refractivity contribution in [2.75, 3.05) is 5.32 Å². The Morgan fingerprint density at radius 3 is 2.36 bits per heavy atom. The molecule has 0 radical (unpaired) electrons. The lowest BCUT2D eigenvalue weighted by Crippen LogP contribution is -2.21. The van der Waals surface area contributed by atoms with Crippen LogP contribution in [0.25, 0.3) is 0 Å². The standard InChI is InChI=1S/C21H20ClF2NO2S/c1-12(26)13-2-6-16(7-3-13)28-20-10-14(4-8-19(20)24)21(27)25-15-5-9-18(23)17(22)11-15/h4-5,8-11,13,16H,2-3,6-7H2,1H3,(H,25,27). The number of benzene rings is 2. The highest BCUT2D eigenvalue weighted by Crippen LogP contribution is 2.37. The number of thioether (sulfide) groups is 1. The van der Waals surface area contributed by atoms with E-state index < -0.39 is 11.7 Å². The van der Waals surface area contributed by atoms with Crippen molar-refractivity contribution in [1.82, 2.24) is 0 Å². The van der Waals surface area contributed by atoms with Gasteiger partial charge in [0.2, 0.25) is 0 Å². The zero-order valence-corrected chi connectivity index (χ0v) is 16.9. The van der Waals surface area contributed by atoms with Gasteiger partial charge in [-0.25, -0.2) is 8.78 Å². The molecule has 1 aliphatic rings. The van der Waals surface area contributed by atoms with Gasteiger partial charge in [-0.3, -0.25) is 9.59 Å². The third-order valence-corrected chi connectivity index (χ3v) is 6.57. The number of ketones is 1. The van der Waals surface area contributed by atoms with E-state index in [-0.39, 0.29) is 27.8 Å². The van der Waals surface area contributed by atoms with Crippen LogP contribution < -0.4 is 5.32 Å². The second-order valence-electron chi connectivity index (χ2n) is 6.93. The SMILES string of the molecule is CC(=O)C1CCC(Sc2cc(C(=O)Nc3ccc(F)c(Cl)c3)ccc2F)CC1. The summed E-state index contributed by atoms with van der Waals surface area (Å²) >= 11 is 7.14. The van der Waals surface area contributed by atoms with Crippen LogP contribution in [0.3, 0.4) is 0 Å². The highest BCUT2D eigenvalue weighted by atomic mass is 35.5. The first-order valence-corrected chi connectivity index (χ1v) is 10.3. The van der Waals surface area contributed by atoms with E-state index in [1.54, 1.807) is 6.92 Å². The third-order valence-electron chi connectivity index (χ3n) is 4.91. The van der Waals surface area contributed by atoms with Crippen LogP contribution >= 0.6 is 23.4 Å². The smallest absolute Gasteiger partial charge is 0.255 e. The summed E-state index contributed by atoms with van der Waals surface area (Å²) in [6.45, 7) is 1.62. The number of carbonyl (C=O) groups excluding carboxylic acids is 2. The molecule has 1 fully saturated rings. The lowest BCUT2D eigenvalue weighted by atomic mass is 9.86. The topological polar surface area (TPSA) is 46.2 Å². The molecule has 0 saturated heterocycles. The molecule has 2 aromatic rings. The summed E-state index contributed by atoms with van der Waals surface area (Å²) in [5, 5.41) is 2.77. The van der Waals surface area contributed by atoms with E-state index in [1.165, 1.54) is 48.2 Å². The Morgan fingerprint density at radius 2 is 1.71 bits per heavy atom. The van der Waals surface area contributed by atoms with E-state index in [0.29, 0.717) is 16.1 Å². The maximum absolute atomic E-state index is 14.3. The fraction of sp³-hybridized carbons (Fsp3) is 0.333. The van der Waals surface area contributed by atoms with E-state index in [1.807, 2.05) is 0 Å². The fourth-order valence-corrected chi connectivity index (χ4v) is 4.70. The number of halogens is 3. The Bertz CT molecular complexity index is 898. The summed E-state index contributed by atoms with van der Waals surface area (Å²) in [5.41, 5.74) is 0.666. The maximum Gasteiger partial charge on any atom is 0.255 e. The number of carbonyl (C=O) groups is 2. The van der Waals surface area contributed by atoms with Gasteiger partial charge in [0.05, 0.1) is 5.02 Å². The van der Waals surface area contributed by atoms with Crippen LogP contribution in [-0.4, -0.2) is 16.9 Å². The zero-order chi connectivity index (χ0) is 20.3. The Balaban J connectivity index is 1.68. The van der Waals surface area contributed by atoms with Gasteiger partial charge in [-0.15, -0.1) is 11.8 Å². The number of amides is 1. The van der Waals surface area contributed by atoms with Gasteiger partial charge < -0.3 is 5.32 Å². The highest BCUT2D eigenvalue weighted by Gasteiger charge is 2.25. The van der Waals surface area contributed by atoms with E-state index in [0.717, 1.165) is 25.7 Å². The first-order valence-electron chi connectivity index (χ1n) is 9.06. The average molecular weight is 424 g/mol. The molecule has 7 heteroatoms. The molecular formula is C21H20ClF2NO2S.